The molecule has 0 spiro atoms. The fraction of sp³-hybridized carbons (Fsp3) is 0.242. The molecule has 0 saturated carbocycles. The molecule has 2 amide bonds. The number of carbonyl (C=O) groups is 3. The number of nitrogens with zero attached hydrogens (tertiary/aromatic N) is 2. The van der Waals surface area contributed by atoms with Gasteiger partial charge in [0.2, 0.25) is 5.91 Å². The topological polar surface area (TPSA) is 69.7 Å². The lowest BCUT2D eigenvalue weighted by molar-refractivity contribution is -0.136. The molecule has 1 aromatic heterocycles. The number of hydrogen-bond donors (Lipinski definition) is 1. The first-order chi connectivity index (χ1) is 20.8. The molecule has 6 nitrogen and oxygen atoms in total. The van der Waals surface area contributed by atoms with Crippen molar-refractivity contribution in [3.63, 3.8) is 0 Å². The van der Waals surface area contributed by atoms with E-state index in [-0.39, 0.29) is 17.3 Å². The van der Waals surface area contributed by atoms with Crippen molar-refractivity contribution >= 4 is 52.1 Å². The number of halogens is 3. The van der Waals surface area contributed by atoms with E-state index < -0.39 is 35.6 Å². The number of benzene rings is 3. The number of likely N-dealkylation sites (tertiary alicyclic amines) is 1. The van der Waals surface area contributed by atoms with Crippen LogP contribution in [-0.4, -0.2) is 59.6 Å². The lowest BCUT2D eigenvalue weighted by Crippen LogP contribution is -2.55. The summed E-state index contributed by atoms with van der Waals surface area (Å²) >= 11 is 13.9. The van der Waals surface area contributed by atoms with Gasteiger partial charge in [-0.15, -0.1) is 11.3 Å². The molecule has 4 atom stereocenters. The molecule has 10 heteroatoms. The van der Waals surface area contributed by atoms with Crippen LogP contribution in [0.5, 0.6) is 0 Å². The molecule has 3 aromatic carbocycles. The lowest BCUT2D eigenvalue weighted by atomic mass is 9.77. The zero-order valence-electron chi connectivity index (χ0n) is 23.0. The largest absolute Gasteiger partial charge is 0.338 e. The predicted molar refractivity (Wildman–Crippen MR) is 166 cm³/mol. The van der Waals surface area contributed by atoms with Crippen LogP contribution >= 0.6 is 34.5 Å². The third kappa shape index (κ3) is 5.85. The van der Waals surface area contributed by atoms with Crippen molar-refractivity contribution < 1.29 is 18.8 Å². The fourth-order valence-electron chi connectivity index (χ4n) is 6.27. The number of nitrogens with one attached hydrogen (secondary N) is 1. The van der Waals surface area contributed by atoms with E-state index >= 15 is 0 Å². The van der Waals surface area contributed by atoms with Crippen LogP contribution in [0.25, 0.3) is 0 Å². The molecule has 2 saturated heterocycles. The van der Waals surface area contributed by atoms with Gasteiger partial charge in [0.05, 0.1) is 16.8 Å². The lowest BCUT2D eigenvalue weighted by Gasteiger charge is -2.36. The van der Waals surface area contributed by atoms with Crippen LogP contribution in [0, 0.1) is 11.7 Å². The number of ketones is 1. The third-order valence-electron chi connectivity index (χ3n) is 8.19. The van der Waals surface area contributed by atoms with E-state index in [4.69, 9.17) is 23.2 Å². The van der Waals surface area contributed by atoms with E-state index in [1.54, 1.807) is 53.4 Å². The first-order valence-corrected chi connectivity index (χ1v) is 15.6. The quantitative estimate of drug-likeness (QED) is 0.246. The Morgan fingerprint density at radius 1 is 0.837 bits per heavy atom. The molecule has 6 rings (SSSR count). The molecular formula is C33H28Cl2FN3O3S. The van der Waals surface area contributed by atoms with Crippen molar-refractivity contribution in [2.75, 3.05) is 26.2 Å². The molecule has 43 heavy (non-hydrogen) atoms. The van der Waals surface area contributed by atoms with Crippen molar-refractivity contribution in [2.45, 2.75) is 18.0 Å². The highest BCUT2D eigenvalue weighted by molar-refractivity contribution is 7.12. The van der Waals surface area contributed by atoms with E-state index in [0.29, 0.717) is 52.2 Å². The summed E-state index contributed by atoms with van der Waals surface area (Å²) in [6.07, 6.45) is 0. The maximum Gasteiger partial charge on any atom is 0.255 e. The van der Waals surface area contributed by atoms with Gasteiger partial charge in [-0.2, -0.15) is 0 Å². The standard InChI is InChI=1S/C33H28Cl2FN3O3S/c34-23-10-6-20(7-11-23)27-28(31(40)26-5-2-18-43-26)29(21-8-12-24(35)13-9-21)39(32(41)22-3-1-4-25(36)19-22)30(27)33(42)38-16-14-37-15-17-38/h1-13,18-19,27-30,37H,14-17H2. The Morgan fingerprint density at radius 3 is 2.09 bits per heavy atom. The number of thiophene rings is 1. The van der Waals surface area contributed by atoms with Crippen LogP contribution in [0.15, 0.2) is 90.3 Å². The van der Waals surface area contributed by atoms with Gasteiger partial charge in [-0.25, -0.2) is 4.39 Å². The van der Waals surface area contributed by atoms with E-state index in [1.807, 2.05) is 17.5 Å². The SMILES string of the molecule is O=C(c1cccs1)C1C(c2ccc(Cl)cc2)C(C(=O)N2CCNCC2)N(C(=O)c2cccc(F)c2)C1c1ccc(Cl)cc1. The highest BCUT2D eigenvalue weighted by atomic mass is 35.5. The molecule has 3 heterocycles. The third-order valence-corrected chi connectivity index (χ3v) is 9.58. The van der Waals surface area contributed by atoms with Crippen LogP contribution < -0.4 is 5.32 Å². The summed E-state index contributed by atoms with van der Waals surface area (Å²) in [5.41, 5.74) is 1.45. The molecule has 220 valence electrons. The van der Waals surface area contributed by atoms with Crippen molar-refractivity contribution in [2.24, 2.45) is 5.92 Å². The summed E-state index contributed by atoms with van der Waals surface area (Å²) in [6.45, 7) is 2.14. The van der Waals surface area contributed by atoms with Crippen molar-refractivity contribution in [1.29, 1.82) is 0 Å². The Kier molecular flexibility index (Phi) is 8.63. The van der Waals surface area contributed by atoms with Crippen LogP contribution in [0.2, 0.25) is 10.0 Å². The first-order valence-electron chi connectivity index (χ1n) is 14.0. The van der Waals surface area contributed by atoms with Gasteiger partial charge < -0.3 is 15.1 Å². The van der Waals surface area contributed by atoms with Crippen LogP contribution in [0.4, 0.5) is 4.39 Å². The van der Waals surface area contributed by atoms with Gasteiger partial charge in [0.15, 0.2) is 5.78 Å². The first kappa shape index (κ1) is 29.5. The van der Waals surface area contributed by atoms with Gasteiger partial charge in [-0.05, 0) is 65.0 Å². The molecule has 2 aliphatic heterocycles. The van der Waals surface area contributed by atoms with Gasteiger partial charge in [0, 0.05) is 47.7 Å². The second-order valence-electron chi connectivity index (χ2n) is 10.7. The van der Waals surface area contributed by atoms with E-state index in [1.165, 1.54) is 40.5 Å². The minimum absolute atomic E-state index is 0.0937. The Balaban J connectivity index is 1.61. The molecule has 4 unspecified atom stereocenters. The van der Waals surface area contributed by atoms with E-state index in [2.05, 4.69) is 5.32 Å². The summed E-state index contributed by atoms with van der Waals surface area (Å²) in [7, 11) is 0. The van der Waals surface area contributed by atoms with Gasteiger partial charge in [-0.3, -0.25) is 14.4 Å². The number of rotatable bonds is 6. The summed E-state index contributed by atoms with van der Waals surface area (Å²) < 4.78 is 14.5. The van der Waals surface area contributed by atoms with Crippen LogP contribution in [0.3, 0.4) is 0 Å². The van der Waals surface area contributed by atoms with Crippen molar-refractivity contribution in [1.82, 2.24) is 15.1 Å². The Hall–Kier alpha value is -3.56. The summed E-state index contributed by atoms with van der Waals surface area (Å²) in [5, 5.41) is 6.10. The second kappa shape index (κ2) is 12.6. The zero-order chi connectivity index (χ0) is 30.1. The highest BCUT2D eigenvalue weighted by Crippen LogP contribution is 2.52. The van der Waals surface area contributed by atoms with E-state index in [9.17, 15) is 18.8 Å². The van der Waals surface area contributed by atoms with Crippen LogP contribution in [-0.2, 0) is 4.79 Å². The van der Waals surface area contributed by atoms with Gasteiger partial charge >= 0.3 is 0 Å². The molecule has 2 fully saturated rings. The molecule has 1 N–H and O–H groups in total. The monoisotopic (exact) mass is 635 g/mol. The minimum atomic E-state index is -1.05. The smallest absolute Gasteiger partial charge is 0.255 e. The number of Topliss-reactive ketones (excluding diaryl/α,β-unsaturated/α-hetero) is 1. The van der Waals surface area contributed by atoms with Crippen molar-refractivity contribution in [3.05, 3.63) is 128 Å². The van der Waals surface area contributed by atoms with E-state index in [0.717, 1.165) is 0 Å². The molecule has 0 bridgehead atoms. The Labute approximate surface area is 263 Å². The zero-order valence-corrected chi connectivity index (χ0v) is 25.3. The number of piperazine rings is 1. The minimum Gasteiger partial charge on any atom is -0.338 e. The van der Waals surface area contributed by atoms with Gasteiger partial charge in [-0.1, -0.05) is 59.6 Å². The molecule has 0 radical (unpaired) electrons. The molecule has 4 aromatic rings. The second-order valence-corrected chi connectivity index (χ2v) is 12.5. The molecule has 0 aliphatic carbocycles. The number of hydrogen-bond acceptors (Lipinski definition) is 5. The van der Waals surface area contributed by atoms with Crippen molar-refractivity contribution in [3.8, 4) is 0 Å². The Bertz CT molecular complexity index is 1630. The number of carbonyl (C=O) groups excluding carboxylic acids is 3. The highest BCUT2D eigenvalue weighted by Gasteiger charge is 2.58. The fourth-order valence-corrected chi connectivity index (χ4v) is 7.24. The summed E-state index contributed by atoms with van der Waals surface area (Å²) in [4.78, 5) is 47.5. The van der Waals surface area contributed by atoms with Gasteiger partial charge in [0.1, 0.15) is 11.9 Å². The molecular weight excluding hydrogens is 608 g/mol. The Morgan fingerprint density at radius 2 is 1.49 bits per heavy atom. The predicted octanol–water partition coefficient (Wildman–Crippen LogP) is 6.47. The average molecular weight is 637 g/mol. The average Bonchev–Trinajstić information content (AvgIpc) is 3.69. The van der Waals surface area contributed by atoms with Gasteiger partial charge in [0.25, 0.3) is 5.91 Å². The summed E-state index contributed by atoms with van der Waals surface area (Å²) in [6, 6.07) is 21.1. The maximum absolute atomic E-state index is 14.6. The molecule has 2 aliphatic rings. The summed E-state index contributed by atoms with van der Waals surface area (Å²) in [5.74, 6) is -3.09. The maximum atomic E-state index is 14.6. The number of amides is 2. The normalized spacial score (nSPS) is 22.0. The van der Waals surface area contributed by atoms with Crippen LogP contribution in [0.1, 0.15) is 43.1 Å².